The Morgan fingerprint density at radius 3 is 1.60 bits per heavy atom. The van der Waals surface area contributed by atoms with Crippen LogP contribution in [0, 0.1) is 0 Å². The Bertz CT molecular complexity index is 382. The molecule has 0 aliphatic heterocycles. The molecule has 0 aromatic carbocycles. The summed E-state index contributed by atoms with van der Waals surface area (Å²) in [6.45, 7) is -1.28. The van der Waals surface area contributed by atoms with Gasteiger partial charge in [-0.1, -0.05) is 6.08 Å². The SMILES string of the molecule is C/C=C(\C)C(F)(F)C(F)(F)C(F)(F)CF.O=P(O)(O)O. The Morgan fingerprint density at radius 1 is 1.10 bits per heavy atom. The Kier molecular flexibility index (Phi) is 7.45. The second-order valence-electron chi connectivity index (χ2n) is 3.47. The van der Waals surface area contributed by atoms with Crippen LogP contribution < -0.4 is 0 Å². The van der Waals surface area contributed by atoms with Gasteiger partial charge in [0.15, 0.2) is 6.67 Å². The summed E-state index contributed by atoms with van der Waals surface area (Å²) >= 11 is 0. The minimum absolute atomic E-state index is 0.572. The van der Waals surface area contributed by atoms with Gasteiger partial charge in [-0.05, 0) is 19.4 Å². The van der Waals surface area contributed by atoms with Gasteiger partial charge in [-0.3, -0.25) is 0 Å². The maximum atomic E-state index is 12.8. The van der Waals surface area contributed by atoms with Crippen LogP contribution in [0.15, 0.2) is 11.6 Å². The van der Waals surface area contributed by atoms with Crippen molar-refractivity contribution < 1.29 is 50.0 Å². The smallest absolute Gasteiger partial charge is 0.303 e. The Morgan fingerprint density at radius 2 is 1.40 bits per heavy atom. The molecule has 0 aromatic heterocycles. The van der Waals surface area contributed by atoms with E-state index in [0.717, 1.165) is 6.92 Å². The number of allylic oxidation sites excluding steroid dienone is 2. The summed E-state index contributed by atoms with van der Waals surface area (Å²) in [4.78, 5) is 21.6. The van der Waals surface area contributed by atoms with Crippen LogP contribution in [0.1, 0.15) is 13.8 Å². The number of halogens is 7. The largest absolute Gasteiger partial charge is 0.466 e. The third kappa shape index (κ3) is 5.78. The normalized spacial score (nSPS) is 14.7. The first-order valence-electron chi connectivity index (χ1n) is 4.65. The molecule has 122 valence electrons. The van der Waals surface area contributed by atoms with Gasteiger partial charge in [-0.25, -0.2) is 8.96 Å². The van der Waals surface area contributed by atoms with Gasteiger partial charge in [-0.2, -0.15) is 26.3 Å². The van der Waals surface area contributed by atoms with Gasteiger partial charge in [0.2, 0.25) is 0 Å². The van der Waals surface area contributed by atoms with E-state index in [0.29, 0.717) is 13.0 Å². The second kappa shape index (κ2) is 6.88. The molecule has 0 heterocycles. The van der Waals surface area contributed by atoms with Crippen LogP contribution in [0.5, 0.6) is 0 Å². The molecule has 0 fully saturated rings. The highest BCUT2D eigenvalue weighted by Gasteiger charge is 2.71. The molecule has 0 saturated heterocycles. The average molecular weight is 336 g/mol. The van der Waals surface area contributed by atoms with E-state index in [1.165, 1.54) is 0 Å². The second-order valence-corrected chi connectivity index (χ2v) is 4.50. The minimum atomic E-state index is -5.74. The van der Waals surface area contributed by atoms with Crippen LogP contribution in [-0.2, 0) is 4.57 Å². The fourth-order valence-corrected chi connectivity index (χ4v) is 0.743. The number of alkyl halides is 7. The van der Waals surface area contributed by atoms with Crippen molar-refractivity contribution in [2.24, 2.45) is 0 Å². The summed E-state index contributed by atoms with van der Waals surface area (Å²) in [5.74, 6) is -16.2. The highest BCUT2D eigenvalue weighted by Crippen LogP contribution is 2.49. The lowest BCUT2D eigenvalue weighted by molar-refractivity contribution is -0.298. The fourth-order valence-electron chi connectivity index (χ4n) is 0.743. The van der Waals surface area contributed by atoms with Gasteiger partial charge in [0.05, 0.1) is 0 Å². The highest BCUT2D eigenvalue weighted by atomic mass is 31.2. The third-order valence-electron chi connectivity index (χ3n) is 1.95. The molecule has 0 bridgehead atoms. The predicted octanol–water partition coefficient (Wildman–Crippen LogP) is 2.90. The summed E-state index contributed by atoms with van der Waals surface area (Å²) in [5.41, 5.74) is -1.24. The molecular formula is C8H12F7O4P. The zero-order valence-corrected chi connectivity index (χ0v) is 11.0. The standard InChI is InChI=1S/C8H9F7.H3O4P/c1-3-5(2)7(12,13)8(14,15)6(10,11)4-9;1-5(2,3)4/h3H,4H2,1-2H3;(H3,1,2,3,4)/b5-3+;. The molecule has 0 aliphatic rings. The zero-order valence-electron chi connectivity index (χ0n) is 10.1. The van der Waals surface area contributed by atoms with Crippen molar-refractivity contribution in [1.82, 2.24) is 0 Å². The molecule has 0 aliphatic carbocycles. The molecule has 0 amide bonds. The Balaban J connectivity index is 0. The molecule has 0 spiro atoms. The molecule has 4 nitrogen and oxygen atoms in total. The van der Waals surface area contributed by atoms with Crippen LogP contribution in [0.25, 0.3) is 0 Å². The number of hydrogen-bond acceptors (Lipinski definition) is 1. The topological polar surface area (TPSA) is 77.8 Å². The number of rotatable bonds is 4. The van der Waals surface area contributed by atoms with Crippen molar-refractivity contribution in [3.63, 3.8) is 0 Å². The molecular weight excluding hydrogens is 324 g/mol. The van der Waals surface area contributed by atoms with Crippen LogP contribution in [-0.4, -0.2) is 39.1 Å². The van der Waals surface area contributed by atoms with E-state index in [-0.39, 0.29) is 0 Å². The Hall–Kier alpha value is -0.640. The monoisotopic (exact) mass is 336 g/mol. The van der Waals surface area contributed by atoms with Crippen LogP contribution in [0.2, 0.25) is 0 Å². The molecule has 0 aromatic rings. The molecule has 20 heavy (non-hydrogen) atoms. The lowest BCUT2D eigenvalue weighted by atomic mass is 9.99. The lowest BCUT2D eigenvalue weighted by Crippen LogP contribution is -2.55. The first-order chi connectivity index (χ1) is 8.54. The van der Waals surface area contributed by atoms with Crippen molar-refractivity contribution in [1.29, 1.82) is 0 Å². The van der Waals surface area contributed by atoms with Crippen LogP contribution in [0.3, 0.4) is 0 Å². The average Bonchev–Trinajstić information content (AvgIpc) is 2.24. The molecule has 0 radical (unpaired) electrons. The summed E-state index contributed by atoms with van der Waals surface area (Å²) in [7, 11) is -4.64. The fraction of sp³-hybridized carbons (Fsp3) is 0.750. The van der Waals surface area contributed by atoms with Crippen LogP contribution in [0.4, 0.5) is 30.7 Å². The van der Waals surface area contributed by atoms with Gasteiger partial charge in [-0.15, -0.1) is 0 Å². The molecule has 0 unspecified atom stereocenters. The predicted molar refractivity (Wildman–Crippen MR) is 54.5 cm³/mol. The van der Waals surface area contributed by atoms with E-state index in [9.17, 15) is 30.7 Å². The molecule has 0 atom stereocenters. The maximum absolute atomic E-state index is 12.8. The number of hydrogen-bond donors (Lipinski definition) is 3. The summed E-state index contributed by atoms with van der Waals surface area (Å²) < 4.78 is 95.9. The zero-order chi connectivity index (χ0) is 17.0. The maximum Gasteiger partial charge on any atom is 0.466 e. The van der Waals surface area contributed by atoms with E-state index in [4.69, 9.17) is 19.2 Å². The third-order valence-corrected chi connectivity index (χ3v) is 1.95. The van der Waals surface area contributed by atoms with Crippen molar-refractivity contribution in [2.45, 2.75) is 31.6 Å². The molecule has 0 rings (SSSR count). The summed E-state index contributed by atoms with van der Waals surface area (Å²) in [6.07, 6.45) is 0.572. The van der Waals surface area contributed by atoms with Crippen LogP contribution >= 0.6 is 7.82 Å². The molecule has 3 N–H and O–H groups in total. The Labute approximate surface area is 109 Å². The molecule has 0 saturated carbocycles. The van der Waals surface area contributed by atoms with E-state index in [2.05, 4.69) is 0 Å². The van der Waals surface area contributed by atoms with E-state index in [1.807, 2.05) is 0 Å². The summed E-state index contributed by atoms with van der Waals surface area (Å²) in [6, 6.07) is 0. The minimum Gasteiger partial charge on any atom is -0.303 e. The van der Waals surface area contributed by atoms with Gasteiger partial charge < -0.3 is 14.7 Å². The first kappa shape index (κ1) is 21.7. The van der Waals surface area contributed by atoms with E-state index < -0.39 is 37.8 Å². The van der Waals surface area contributed by atoms with Crippen molar-refractivity contribution in [3.05, 3.63) is 11.6 Å². The first-order valence-corrected chi connectivity index (χ1v) is 6.22. The van der Waals surface area contributed by atoms with E-state index >= 15 is 0 Å². The van der Waals surface area contributed by atoms with Gasteiger partial charge in [0, 0.05) is 0 Å². The highest BCUT2D eigenvalue weighted by molar-refractivity contribution is 7.45. The van der Waals surface area contributed by atoms with Crippen molar-refractivity contribution >= 4 is 7.82 Å². The van der Waals surface area contributed by atoms with Gasteiger partial charge in [0.1, 0.15) is 0 Å². The van der Waals surface area contributed by atoms with Gasteiger partial charge in [0.25, 0.3) is 0 Å². The van der Waals surface area contributed by atoms with E-state index in [1.54, 1.807) is 0 Å². The lowest BCUT2D eigenvalue weighted by Gasteiger charge is -2.31. The van der Waals surface area contributed by atoms with Crippen molar-refractivity contribution in [3.8, 4) is 0 Å². The number of phosphoric acid groups is 1. The summed E-state index contributed by atoms with van der Waals surface area (Å²) in [5, 5.41) is 0. The van der Waals surface area contributed by atoms with Gasteiger partial charge >= 0.3 is 25.6 Å². The molecule has 12 heteroatoms. The van der Waals surface area contributed by atoms with Crippen molar-refractivity contribution in [2.75, 3.05) is 6.67 Å². The quantitative estimate of drug-likeness (QED) is 0.419.